The van der Waals surface area contributed by atoms with Crippen molar-refractivity contribution in [3.05, 3.63) is 46.2 Å². The molecule has 5 nitrogen and oxygen atoms in total. The molecule has 0 saturated heterocycles. The Balaban J connectivity index is 2.14. The third-order valence-corrected chi connectivity index (χ3v) is 5.98. The van der Waals surface area contributed by atoms with E-state index in [2.05, 4.69) is 5.10 Å². The molecular weight excluding hydrogens is 322 g/mol. The molecule has 1 aromatic heterocycles. The molecule has 0 bridgehead atoms. The molecule has 0 aliphatic carbocycles. The second-order valence-corrected chi connectivity index (χ2v) is 7.78. The van der Waals surface area contributed by atoms with Crippen LogP contribution in [0.1, 0.15) is 17.0 Å². The number of rotatable bonds is 5. The van der Waals surface area contributed by atoms with E-state index in [0.717, 1.165) is 17.0 Å². The molecule has 0 radical (unpaired) electrons. The lowest BCUT2D eigenvalue weighted by Gasteiger charge is -2.17. The van der Waals surface area contributed by atoms with Crippen LogP contribution in [0.25, 0.3) is 0 Å². The molecule has 0 amide bonds. The predicted octanol–water partition coefficient (Wildman–Crippen LogP) is 2.55. The molecule has 7 heteroatoms. The smallest absolute Gasteiger partial charge is 0.242 e. The molecule has 0 fully saturated rings. The van der Waals surface area contributed by atoms with Crippen molar-refractivity contribution in [2.75, 3.05) is 13.6 Å². The Morgan fingerprint density at radius 3 is 2.32 bits per heavy atom. The normalized spacial score (nSPS) is 12.1. The van der Waals surface area contributed by atoms with E-state index in [-0.39, 0.29) is 4.90 Å². The average molecular weight is 342 g/mol. The van der Waals surface area contributed by atoms with Crippen LogP contribution in [0.2, 0.25) is 5.02 Å². The van der Waals surface area contributed by atoms with Gasteiger partial charge in [-0.3, -0.25) is 4.68 Å². The lowest BCUT2D eigenvalue weighted by Crippen LogP contribution is -2.29. The number of aryl methyl sites for hydroxylation is 2. The monoisotopic (exact) mass is 341 g/mol. The van der Waals surface area contributed by atoms with Gasteiger partial charge in [0.15, 0.2) is 0 Å². The minimum Gasteiger partial charge on any atom is -0.272 e. The van der Waals surface area contributed by atoms with Crippen LogP contribution < -0.4 is 0 Å². The summed E-state index contributed by atoms with van der Waals surface area (Å²) in [5.74, 6) is 0. The van der Waals surface area contributed by atoms with Gasteiger partial charge in [-0.25, -0.2) is 12.7 Å². The first-order valence-electron chi connectivity index (χ1n) is 6.94. The Morgan fingerprint density at radius 1 is 1.23 bits per heavy atom. The summed E-state index contributed by atoms with van der Waals surface area (Å²) in [5, 5.41) is 4.87. The summed E-state index contributed by atoms with van der Waals surface area (Å²) in [4.78, 5) is 0.249. The lowest BCUT2D eigenvalue weighted by molar-refractivity contribution is 0.472. The van der Waals surface area contributed by atoms with Crippen molar-refractivity contribution in [3.63, 3.8) is 0 Å². The Labute approximate surface area is 136 Å². The Kier molecular flexibility index (Phi) is 4.94. The van der Waals surface area contributed by atoms with E-state index in [1.807, 2.05) is 25.6 Å². The summed E-state index contributed by atoms with van der Waals surface area (Å²) in [7, 11) is -0.0201. The number of sulfonamides is 1. The maximum Gasteiger partial charge on any atom is 0.242 e. The number of aromatic nitrogens is 2. The maximum atomic E-state index is 12.5. The minimum absolute atomic E-state index is 0.249. The van der Waals surface area contributed by atoms with E-state index in [4.69, 9.17) is 11.6 Å². The van der Waals surface area contributed by atoms with E-state index in [1.165, 1.54) is 16.4 Å². The largest absolute Gasteiger partial charge is 0.272 e. The molecule has 2 aromatic rings. The maximum absolute atomic E-state index is 12.5. The van der Waals surface area contributed by atoms with Crippen LogP contribution in [0.4, 0.5) is 0 Å². The van der Waals surface area contributed by atoms with Crippen LogP contribution in [0, 0.1) is 13.8 Å². The standard InChI is InChI=1S/C15H20ClN3O2S/c1-11-15(12(2)19(4)17-11)9-10-18(3)22(20,21)14-7-5-13(16)6-8-14/h5-8H,9-10H2,1-4H3. The molecule has 22 heavy (non-hydrogen) atoms. The first-order valence-corrected chi connectivity index (χ1v) is 8.76. The SMILES string of the molecule is Cc1nn(C)c(C)c1CCN(C)S(=O)(=O)c1ccc(Cl)cc1. The van der Waals surface area contributed by atoms with Crippen molar-refractivity contribution in [1.82, 2.24) is 14.1 Å². The van der Waals surface area contributed by atoms with E-state index in [9.17, 15) is 8.42 Å². The van der Waals surface area contributed by atoms with Gasteiger partial charge in [-0.05, 0) is 50.1 Å². The third kappa shape index (κ3) is 3.34. The molecule has 2 rings (SSSR count). The van der Waals surface area contributed by atoms with Crippen LogP contribution in [0.3, 0.4) is 0 Å². The molecule has 0 saturated carbocycles. The van der Waals surface area contributed by atoms with Gasteiger partial charge in [-0.15, -0.1) is 0 Å². The van der Waals surface area contributed by atoms with Gasteiger partial charge in [-0.1, -0.05) is 11.6 Å². The van der Waals surface area contributed by atoms with Crippen molar-refractivity contribution in [3.8, 4) is 0 Å². The quantitative estimate of drug-likeness (QED) is 0.839. The van der Waals surface area contributed by atoms with Crippen molar-refractivity contribution in [2.45, 2.75) is 25.2 Å². The topological polar surface area (TPSA) is 55.2 Å². The summed E-state index contributed by atoms with van der Waals surface area (Å²) >= 11 is 5.80. The first-order chi connectivity index (χ1) is 10.2. The van der Waals surface area contributed by atoms with Crippen LogP contribution in [-0.4, -0.2) is 36.1 Å². The molecule has 1 aromatic carbocycles. The van der Waals surface area contributed by atoms with E-state index in [0.29, 0.717) is 18.0 Å². The number of hydrogen-bond donors (Lipinski definition) is 0. The Morgan fingerprint density at radius 2 is 1.82 bits per heavy atom. The van der Waals surface area contributed by atoms with Gasteiger partial charge in [0.05, 0.1) is 10.6 Å². The van der Waals surface area contributed by atoms with Gasteiger partial charge in [0.2, 0.25) is 10.0 Å². The zero-order valence-corrected chi connectivity index (χ0v) is 14.7. The van der Waals surface area contributed by atoms with Crippen LogP contribution in [0.5, 0.6) is 0 Å². The molecule has 0 N–H and O–H groups in total. The third-order valence-electron chi connectivity index (χ3n) is 3.86. The van der Waals surface area contributed by atoms with Gasteiger partial charge < -0.3 is 0 Å². The fraction of sp³-hybridized carbons (Fsp3) is 0.400. The fourth-order valence-corrected chi connectivity index (χ4v) is 3.65. The number of benzene rings is 1. The van der Waals surface area contributed by atoms with Gasteiger partial charge in [0, 0.05) is 31.4 Å². The van der Waals surface area contributed by atoms with Crippen LogP contribution in [-0.2, 0) is 23.5 Å². The molecule has 0 aliphatic heterocycles. The molecule has 120 valence electrons. The molecule has 1 heterocycles. The lowest BCUT2D eigenvalue weighted by atomic mass is 10.1. The second kappa shape index (κ2) is 6.40. The first kappa shape index (κ1) is 17.0. The average Bonchev–Trinajstić information content (AvgIpc) is 2.70. The molecule has 0 aliphatic rings. The van der Waals surface area contributed by atoms with Gasteiger partial charge >= 0.3 is 0 Å². The highest BCUT2D eigenvalue weighted by atomic mass is 35.5. The number of likely N-dealkylation sites (N-methyl/N-ethyl adjacent to an activating group) is 1. The van der Waals surface area contributed by atoms with Gasteiger partial charge in [-0.2, -0.15) is 5.10 Å². The second-order valence-electron chi connectivity index (χ2n) is 5.30. The number of hydrogen-bond acceptors (Lipinski definition) is 3. The zero-order chi connectivity index (χ0) is 16.5. The van der Waals surface area contributed by atoms with Gasteiger partial charge in [0.25, 0.3) is 0 Å². The van der Waals surface area contributed by atoms with Crippen LogP contribution in [0.15, 0.2) is 29.2 Å². The highest BCUT2D eigenvalue weighted by Crippen LogP contribution is 2.19. The van der Waals surface area contributed by atoms with Gasteiger partial charge in [0.1, 0.15) is 0 Å². The highest BCUT2D eigenvalue weighted by molar-refractivity contribution is 7.89. The van der Waals surface area contributed by atoms with E-state index in [1.54, 1.807) is 19.2 Å². The zero-order valence-electron chi connectivity index (χ0n) is 13.2. The molecular formula is C15H20ClN3O2S. The number of nitrogens with zero attached hydrogens (tertiary/aromatic N) is 3. The summed E-state index contributed by atoms with van der Waals surface area (Å²) in [6.45, 7) is 4.33. The molecule has 0 spiro atoms. The fourth-order valence-electron chi connectivity index (χ4n) is 2.36. The summed E-state index contributed by atoms with van der Waals surface area (Å²) in [6.07, 6.45) is 0.634. The van der Waals surface area contributed by atoms with E-state index < -0.39 is 10.0 Å². The highest BCUT2D eigenvalue weighted by Gasteiger charge is 2.21. The summed E-state index contributed by atoms with van der Waals surface area (Å²) in [6, 6.07) is 6.21. The van der Waals surface area contributed by atoms with Crippen molar-refractivity contribution in [1.29, 1.82) is 0 Å². The minimum atomic E-state index is -3.50. The molecule has 0 unspecified atom stereocenters. The number of halogens is 1. The van der Waals surface area contributed by atoms with Crippen LogP contribution >= 0.6 is 11.6 Å². The Bertz CT molecular complexity index is 767. The van der Waals surface area contributed by atoms with Crippen molar-refractivity contribution < 1.29 is 8.42 Å². The molecule has 0 atom stereocenters. The predicted molar refractivity (Wildman–Crippen MR) is 87.7 cm³/mol. The summed E-state index contributed by atoms with van der Waals surface area (Å²) < 4.78 is 28.2. The van der Waals surface area contributed by atoms with Crippen molar-refractivity contribution >= 4 is 21.6 Å². The van der Waals surface area contributed by atoms with E-state index >= 15 is 0 Å². The van der Waals surface area contributed by atoms with Crippen molar-refractivity contribution in [2.24, 2.45) is 7.05 Å². The summed E-state index contributed by atoms with van der Waals surface area (Å²) in [5.41, 5.74) is 3.10. The Hall–Kier alpha value is -1.37.